The summed E-state index contributed by atoms with van der Waals surface area (Å²) in [5.41, 5.74) is 0. The van der Waals surface area contributed by atoms with Crippen LogP contribution in [0.3, 0.4) is 0 Å². The van der Waals surface area contributed by atoms with Gasteiger partial charge in [-0.25, -0.2) is 0 Å². The summed E-state index contributed by atoms with van der Waals surface area (Å²) in [4.78, 5) is 0. The van der Waals surface area contributed by atoms with Gasteiger partial charge in [-0.3, -0.25) is 4.55 Å². The van der Waals surface area contributed by atoms with E-state index in [2.05, 4.69) is 6.92 Å². The highest BCUT2D eigenvalue weighted by Crippen LogP contribution is 2.13. The first kappa shape index (κ1) is 22.6. The number of rotatable bonds is 16. The molecule has 0 aromatic carbocycles. The van der Waals surface area contributed by atoms with Gasteiger partial charge < -0.3 is 5.11 Å². The number of hydrogen-bond acceptors (Lipinski definition) is 3. The van der Waals surface area contributed by atoms with Crippen LogP contribution in [0, 0.1) is 0 Å². The van der Waals surface area contributed by atoms with Crippen LogP contribution in [-0.4, -0.2) is 24.2 Å². The monoisotopic (exact) mass is 348 g/mol. The van der Waals surface area contributed by atoms with Crippen LogP contribution in [0.4, 0.5) is 0 Å². The predicted octanol–water partition coefficient (Wildman–Crippen LogP) is 5.23. The van der Waals surface area contributed by atoms with Gasteiger partial charge in [-0.15, -0.1) is 0 Å². The molecular formula is C18H36O4S. The van der Waals surface area contributed by atoms with Crippen molar-refractivity contribution >= 4 is 10.1 Å². The lowest BCUT2D eigenvalue weighted by atomic mass is 10.0. The van der Waals surface area contributed by atoms with Gasteiger partial charge in [-0.2, -0.15) is 8.42 Å². The van der Waals surface area contributed by atoms with Crippen LogP contribution in [0.2, 0.25) is 0 Å². The third-order valence-electron chi connectivity index (χ3n) is 4.08. The predicted molar refractivity (Wildman–Crippen MR) is 97.0 cm³/mol. The van der Waals surface area contributed by atoms with Crippen LogP contribution in [0.15, 0.2) is 11.5 Å². The zero-order chi connectivity index (χ0) is 17.4. The van der Waals surface area contributed by atoms with Crippen LogP contribution in [0.25, 0.3) is 0 Å². The lowest BCUT2D eigenvalue weighted by molar-refractivity contribution is 0.208. The molecular weight excluding hydrogens is 312 g/mol. The molecule has 0 aliphatic heterocycles. The third kappa shape index (κ3) is 19.6. The molecule has 0 aliphatic carbocycles. The van der Waals surface area contributed by atoms with E-state index in [1.807, 2.05) is 0 Å². The zero-order valence-electron chi connectivity index (χ0n) is 14.8. The molecule has 23 heavy (non-hydrogen) atoms. The Morgan fingerprint density at radius 2 is 1.17 bits per heavy atom. The van der Waals surface area contributed by atoms with Crippen molar-refractivity contribution in [2.24, 2.45) is 0 Å². The summed E-state index contributed by atoms with van der Waals surface area (Å²) in [5, 5.41) is 10.2. The molecule has 0 bridgehead atoms. The molecule has 0 aromatic rings. The van der Waals surface area contributed by atoms with Crippen molar-refractivity contribution in [2.45, 2.75) is 103 Å². The minimum atomic E-state index is -4.12. The number of aliphatic hydroxyl groups excluding tert-OH is 1. The fourth-order valence-corrected chi connectivity index (χ4v) is 3.04. The lowest BCUT2D eigenvalue weighted by Gasteiger charge is -2.05. The Morgan fingerprint density at radius 1 is 0.783 bits per heavy atom. The second-order valence-corrected chi connectivity index (χ2v) is 7.74. The highest BCUT2D eigenvalue weighted by atomic mass is 32.2. The van der Waals surface area contributed by atoms with Crippen LogP contribution in [0.5, 0.6) is 0 Å². The van der Waals surface area contributed by atoms with Crippen LogP contribution in [-0.2, 0) is 10.1 Å². The Labute approximate surface area is 143 Å². The third-order valence-corrected chi connectivity index (χ3v) is 4.58. The molecule has 4 nitrogen and oxygen atoms in total. The molecule has 2 N–H and O–H groups in total. The first-order chi connectivity index (χ1) is 11.0. The molecule has 0 rings (SSSR count). The summed E-state index contributed by atoms with van der Waals surface area (Å²) in [5.74, 6) is 0. The van der Waals surface area contributed by atoms with Crippen molar-refractivity contribution in [3.8, 4) is 0 Å². The molecule has 0 aliphatic rings. The van der Waals surface area contributed by atoms with E-state index in [-0.39, 0.29) is 0 Å². The SMILES string of the molecule is CCCCCCCCCCCCCCCC(O)C=CS(=O)(=O)O. The zero-order valence-corrected chi connectivity index (χ0v) is 15.6. The summed E-state index contributed by atoms with van der Waals surface area (Å²) in [6, 6.07) is 0. The van der Waals surface area contributed by atoms with E-state index < -0.39 is 16.2 Å². The van der Waals surface area contributed by atoms with E-state index in [1.165, 1.54) is 70.6 Å². The van der Waals surface area contributed by atoms with E-state index in [4.69, 9.17) is 4.55 Å². The average Bonchev–Trinajstić information content (AvgIpc) is 2.49. The van der Waals surface area contributed by atoms with Gasteiger partial charge in [0, 0.05) is 0 Å². The molecule has 0 saturated heterocycles. The first-order valence-corrected chi connectivity index (χ1v) is 10.8. The summed E-state index contributed by atoms with van der Waals surface area (Å²) < 4.78 is 29.5. The highest BCUT2D eigenvalue weighted by Gasteiger charge is 2.02. The minimum absolute atomic E-state index is 0.545. The van der Waals surface area contributed by atoms with Crippen molar-refractivity contribution in [3.05, 3.63) is 11.5 Å². The normalized spacial score (nSPS) is 13.7. The summed E-state index contributed by atoms with van der Waals surface area (Å²) in [6.07, 6.45) is 17.5. The van der Waals surface area contributed by atoms with Gasteiger partial charge in [-0.1, -0.05) is 90.4 Å². The Balaban J connectivity index is 3.26. The van der Waals surface area contributed by atoms with Gasteiger partial charge in [0.2, 0.25) is 0 Å². The average molecular weight is 349 g/mol. The second kappa shape index (κ2) is 15.2. The van der Waals surface area contributed by atoms with Crippen LogP contribution < -0.4 is 0 Å². The smallest absolute Gasteiger partial charge is 0.287 e. The van der Waals surface area contributed by atoms with Gasteiger partial charge in [-0.05, 0) is 12.5 Å². The van der Waals surface area contributed by atoms with E-state index in [1.54, 1.807) is 0 Å². The molecule has 0 fully saturated rings. The van der Waals surface area contributed by atoms with Crippen molar-refractivity contribution in [3.63, 3.8) is 0 Å². The topological polar surface area (TPSA) is 74.6 Å². The highest BCUT2D eigenvalue weighted by molar-refractivity contribution is 7.88. The summed E-state index contributed by atoms with van der Waals surface area (Å²) >= 11 is 0. The standard InChI is InChI=1S/C18H36O4S/c1-2-3-4-5-6-7-8-9-10-11-12-13-14-15-18(19)16-17-23(20,21)22/h16-19H,2-15H2,1H3,(H,20,21,22). The van der Waals surface area contributed by atoms with Crippen LogP contribution >= 0.6 is 0 Å². The maximum atomic E-state index is 10.5. The molecule has 1 atom stereocenters. The minimum Gasteiger partial charge on any atom is -0.389 e. The van der Waals surface area contributed by atoms with Gasteiger partial charge in [0.15, 0.2) is 0 Å². The molecule has 0 amide bonds. The van der Waals surface area contributed by atoms with Crippen molar-refractivity contribution < 1.29 is 18.1 Å². The molecule has 0 heterocycles. The fraction of sp³-hybridized carbons (Fsp3) is 0.889. The Morgan fingerprint density at radius 3 is 1.57 bits per heavy atom. The molecule has 138 valence electrons. The summed E-state index contributed by atoms with van der Waals surface area (Å²) in [7, 11) is -4.12. The van der Waals surface area contributed by atoms with Crippen molar-refractivity contribution in [1.82, 2.24) is 0 Å². The van der Waals surface area contributed by atoms with Gasteiger partial charge in [0.05, 0.1) is 11.5 Å². The first-order valence-electron chi connectivity index (χ1n) is 9.29. The van der Waals surface area contributed by atoms with E-state index >= 15 is 0 Å². The molecule has 5 heteroatoms. The number of unbranched alkanes of at least 4 members (excludes halogenated alkanes) is 12. The van der Waals surface area contributed by atoms with Gasteiger partial charge >= 0.3 is 0 Å². The fourth-order valence-electron chi connectivity index (χ4n) is 2.66. The Kier molecular flexibility index (Phi) is 14.9. The molecule has 0 spiro atoms. The van der Waals surface area contributed by atoms with Crippen molar-refractivity contribution in [1.29, 1.82) is 0 Å². The molecule has 0 aromatic heterocycles. The molecule has 0 saturated carbocycles. The Bertz CT molecular complexity index is 376. The largest absolute Gasteiger partial charge is 0.389 e. The summed E-state index contributed by atoms with van der Waals surface area (Å²) in [6.45, 7) is 2.25. The number of hydrogen-bond donors (Lipinski definition) is 2. The van der Waals surface area contributed by atoms with E-state index in [9.17, 15) is 13.5 Å². The van der Waals surface area contributed by atoms with Crippen molar-refractivity contribution in [2.75, 3.05) is 0 Å². The van der Waals surface area contributed by atoms with Crippen LogP contribution in [0.1, 0.15) is 96.8 Å². The van der Waals surface area contributed by atoms with E-state index in [0.717, 1.165) is 18.9 Å². The van der Waals surface area contributed by atoms with E-state index in [0.29, 0.717) is 11.8 Å². The maximum absolute atomic E-state index is 10.5. The maximum Gasteiger partial charge on any atom is 0.287 e. The lowest BCUT2D eigenvalue weighted by Crippen LogP contribution is -2.03. The second-order valence-electron chi connectivity index (χ2n) is 6.44. The number of aliphatic hydroxyl groups is 1. The Hall–Kier alpha value is -0.390. The van der Waals surface area contributed by atoms with Gasteiger partial charge in [0.1, 0.15) is 0 Å². The van der Waals surface area contributed by atoms with Gasteiger partial charge in [0.25, 0.3) is 10.1 Å². The quantitative estimate of drug-likeness (QED) is 0.296. The molecule has 0 radical (unpaired) electrons. The molecule has 1 unspecified atom stereocenters.